The fourth-order valence-electron chi connectivity index (χ4n) is 1.75. The maximum Gasteiger partial charge on any atom is 0.143 e. The van der Waals surface area contributed by atoms with Crippen LogP contribution in [0.5, 0.6) is 0 Å². The lowest BCUT2D eigenvalue weighted by atomic mass is 10.1. The third kappa shape index (κ3) is 3.14. The number of rotatable bonds is 4. The molecule has 0 spiro atoms. The van der Waals surface area contributed by atoms with Crippen LogP contribution in [-0.2, 0) is 6.54 Å². The van der Waals surface area contributed by atoms with Crippen molar-refractivity contribution in [3.8, 4) is 6.07 Å². The molecule has 2 aromatic carbocycles. The van der Waals surface area contributed by atoms with Gasteiger partial charge in [0, 0.05) is 29.0 Å². The summed E-state index contributed by atoms with van der Waals surface area (Å²) in [5, 5.41) is 19.8. The highest BCUT2D eigenvalue weighted by Crippen LogP contribution is 2.20. The number of halogens is 2. The van der Waals surface area contributed by atoms with Gasteiger partial charge in [0.1, 0.15) is 11.9 Å². The van der Waals surface area contributed by atoms with Crippen LogP contribution in [0.15, 0.2) is 36.4 Å². The molecular formula is C15H11ClFN3. The van der Waals surface area contributed by atoms with Gasteiger partial charge in [-0.05, 0) is 29.8 Å². The molecule has 100 valence electrons. The Kier molecular flexibility index (Phi) is 4.34. The molecule has 2 aromatic rings. The van der Waals surface area contributed by atoms with Crippen LogP contribution in [0.25, 0.3) is 0 Å². The molecular weight excluding hydrogens is 277 g/mol. The SMILES string of the molecule is N#Cc1cc(C=N)c(NCc2ccc(Cl)cc2)cc1F. The molecule has 0 amide bonds. The summed E-state index contributed by atoms with van der Waals surface area (Å²) in [6.07, 6.45) is 1.09. The molecule has 2 rings (SSSR count). The lowest BCUT2D eigenvalue weighted by Crippen LogP contribution is -2.03. The Morgan fingerprint density at radius 2 is 2.00 bits per heavy atom. The maximum absolute atomic E-state index is 13.6. The van der Waals surface area contributed by atoms with Crippen molar-refractivity contribution in [2.24, 2.45) is 0 Å². The Morgan fingerprint density at radius 3 is 2.60 bits per heavy atom. The van der Waals surface area contributed by atoms with E-state index in [9.17, 15) is 4.39 Å². The molecule has 5 heteroatoms. The third-order valence-corrected chi connectivity index (χ3v) is 3.06. The van der Waals surface area contributed by atoms with Gasteiger partial charge in [-0.1, -0.05) is 23.7 Å². The summed E-state index contributed by atoms with van der Waals surface area (Å²) in [5.41, 5.74) is 1.86. The zero-order chi connectivity index (χ0) is 14.5. The van der Waals surface area contributed by atoms with Crippen molar-refractivity contribution in [3.05, 3.63) is 63.9 Å². The molecule has 0 bridgehead atoms. The Hall–Kier alpha value is -2.38. The average molecular weight is 288 g/mol. The summed E-state index contributed by atoms with van der Waals surface area (Å²) in [4.78, 5) is 0. The summed E-state index contributed by atoms with van der Waals surface area (Å²) < 4.78 is 13.6. The van der Waals surface area contributed by atoms with E-state index >= 15 is 0 Å². The fourth-order valence-corrected chi connectivity index (χ4v) is 1.87. The van der Waals surface area contributed by atoms with Crippen molar-refractivity contribution in [1.29, 1.82) is 10.7 Å². The second kappa shape index (κ2) is 6.18. The van der Waals surface area contributed by atoms with Gasteiger partial charge in [-0.15, -0.1) is 0 Å². The standard InChI is InChI=1S/C15H11ClFN3/c16-13-3-1-10(2-4-13)9-20-15-6-14(17)11(7-18)5-12(15)8-19/h1-6,8,19-20H,9H2. The molecule has 0 saturated heterocycles. The highest BCUT2D eigenvalue weighted by atomic mass is 35.5. The van der Waals surface area contributed by atoms with Crippen molar-refractivity contribution >= 4 is 23.5 Å². The molecule has 3 nitrogen and oxygen atoms in total. The van der Waals surface area contributed by atoms with E-state index in [0.29, 0.717) is 22.8 Å². The molecule has 2 N–H and O–H groups in total. The van der Waals surface area contributed by atoms with Gasteiger partial charge in [0.2, 0.25) is 0 Å². The van der Waals surface area contributed by atoms with Crippen LogP contribution < -0.4 is 5.32 Å². The van der Waals surface area contributed by atoms with Crippen molar-refractivity contribution in [3.63, 3.8) is 0 Å². The largest absolute Gasteiger partial charge is 0.380 e. The van der Waals surface area contributed by atoms with E-state index in [0.717, 1.165) is 11.8 Å². The Morgan fingerprint density at radius 1 is 1.30 bits per heavy atom. The molecule has 0 aliphatic heterocycles. The quantitative estimate of drug-likeness (QED) is 0.836. The summed E-state index contributed by atoms with van der Waals surface area (Å²) in [7, 11) is 0. The van der Waals surface area contributed by atoms with Gasteiger partial charge in [-0.25, -0.2) is 4.39 Å². The van der Waals surface area contributed by atoms with E-state index in [1.807, 2.05) is 12.1 Å². The molecule has 0 unspecified atom stereocenters. The van der Waals surface area contributed by atoms with Crippen LogP contribution in [0.1, 0.15) is 16.7 Å². The molecule has 0 saturated carbocycles. The molecule has 0 aliphatic rings. The minimum atomic E-state index is -0.600. The van der Waals surface area contributed by atoms with Crippen molar-refractivity contribution in [1.82, 2.24) is 0 Å². The lowest BCUT2D eigenvalue weighted by Gasteiger charge is -2.10. The number of nitriles is 1. The first-order valence-electron chi connectivity index (χ1n) is 5.86. The summed E-state index contributed by atoms with van der Waals surface area (Å²) in [5.74, 6) is -0.600. The van der Waals surface area contributed by atoms with Crippen LogP contribution in [0, 0.1) is 22.6 Å². The van der Waals surface area contributed by atoms with Gasteiger partial charge in [0.05, 0.1) is 5.56 Å². The van der Waals surface area contributed by atoms with E-state index in [1.54, 1.807) is 18.2 Å². The van der Waals surface area contributed by atoms with Crippen LogP contribution in [-0.4, -0.2) is 6.21 Å². The second-order valence-corrected chi connectivity index (χ2v) is 4.59. The van der Waals surface area contributed by atoms with Crippen molar-refractivity contribution < 1.29 is 4.39 Å². The lowest BCUT2D eigenvalue weighted by molar-refractivity contribution is 0.624. The first-order valence-corrected chi connectivity index (χ1v) is 6.24. The van der Waals surface area contributed by atoms with Gasteiger partial charge in [-0.3, -0.25) is 0 Å². The van der Waals surface area contributed by atoms with E-state index in [2.05, 4.69) is 5.32 Å². The van der Waals surface area contributed by atoms with Gasteiger partial charge >= 0.3 is 0 Å². The first kappa shape index (κ1) is 14.0. The van der Waals surface area contributed by atoms with E-state index in [4.69, 9.17) is 22.3 Å². The molecule has 0 radical (unpaired) electrons. The summed E-state index contributed by atoms with van der Waals surface area (Å²) >= 11 is 5.80. The number of nitrogens with one attached hydrogen (secondary N) is 2. The van der Waals surface area contributed by atoms with Crippen LogP contribution >= 0.6 is 11.6 Å². The Bertz CT molecular complexity index is 675. The smallest absolute Gasteiger partial charge is 0.143 e. The number of benzene rings is 2. The normalized spacial score (nSPS) is 9.85. The average Bonchev–Trinajstić information content (AvgIpc) is 2.46. The zero-order valence-corrected chi connectivity index (χ0v) is 11.2. The van der Waals surface area contributed by atoms with Crippen LogP contribution in [0.2, 0.25) is 5.02 Å². The Balaban J connectivity index is 2.21. The van der Waals surface area contributed by atoms with Crippen LogP contribution in [0.4, 0.5) is 10.1 Å². The minimum absolute atomic E-state index is 0.0689. The van der Waals surface area contributed by atoms with Gasteiger partial charge in [0.15, 0.2) is 0 Å². The second-order valence-electron chi connectivity index (χ2n) is 4.16. The highest BCUT2D eigenvalue weighted by Gasteiger charge is 2.08. The number of anilines is 1. The van der Waals surface area contributed by atoms with E-state index in [-0.39, 0.29) is 5.56 Å². The third-order valence-electron chi connectivity index (χ3n) is 2.81. The molecule has 0 atom stereocenters. The molecule has 0 aliphatic carbocycles. The van der Waals surface area contributed by atoms with Crippen LogP contribution in [0.3, 0.4) is 0 Å². The number of hydrogen-bond donors (Lipinski definition) is 2. The molecule has 20 heavy (non-hydrogen) atoms. The topological polar surface area (TPSA) is 59.7 Å². The summed E-state index contributed by atoms with van der Waals surface area (Å²) in [6.45, 7) is 0.476. The number of hydrogen-bond acceptors (Lipinski definition) is 3. The van der Waals surface area contributed by atoms with Gasteiger partial charge in [0.25, 0.3) is 0 Å². The predicted molar refractivity (Wildman–Crippen MR) is 77.8 cm³/mol. The maximum atomic E-state index is 13.6. The van der Waals surface area contributed by atoms with E-state index < -0.39 is 5.82 Å². The van der Waals surface area contributed by atoms with Crippen molar-refractivity contribution in [2.75, 3.05) is 5.32 Å². The monoisotopic (exact) mass is 287 g/mol. The zero-order valence-electron chi connectivity index (χ0n) is 10.5. The van der Waals surface area contributed by atoms with Gasteiger partial charge < -0.3 is 10.7 Å². The molecule has 0 aromatic heterocycles. The highest BCUT2D eigenvalue weighted by molar-refractivity contribution is 6.30. The first-order chi connectivity index (χ1) is 9.63. The molecule has 0 heterocycles. The van der Waals surface area contributed by atoms with Crippen molar-refractivity contribution in [2.45, 2.75) is 6.54 Å². The summed E-state index contributed by atoms with van der Waals surface area (Å²) in [6, 6.07) is 11.6. The minimum Gasteiger partial charge on any atom is -0.380 e. The van der Waals surface area contributed by atoms with E-state index in [1.165, 1.54) is 12.1 Å². The predicted octanol–water partition coefficient (Wildman–Crippen LogP) is 3.96. The Labute approximate surface area is 121 Å². The number of nitrogens with zero attached hydrogens (tertiary/aromatic N) is 1. The molecule has 0 fully saturated rings. The fraction of sp³-hybridized carbons (Fsp3) is 0.0667. The van der Waals surface area contributed by atoms with Gasteiger partial charge in [-0.2, -0.15) is 5.26 Å².